The first-order chi connectivity index (χ1) is 19.5. The van der Waals surface area contributed by atoms with Gasteiger partial charge in [-0.05, 0) is 61.6 Å². The van der Waals surface area contributed by atoms with Crippen LogP contribution in [0, 0.1) is 0 Å². The Labute approximate surface area is 235 Å². The van der Waals surface area contributed by atoms with Gasteiger partial charge in [0.05, 0.1) is 18.3 Å². The molecule has 3 aromatic carbocycles. The van der Waals surface area contributed by atoms with Crippen molar-refractivity contribution in [2.24, 2.45) is 10.7 Å². The predicted molar refractivity (Wildman–Crippen MR) is 162 cm³/mol. The van der Waals surface area contributed by atoms with E-state index in [4.69, 9.17) is 20.2 Å². The first kappa shape index (κ1) is 27.2. The molecule has 1 atom stereocenters. The molecule has 0 saturated carbocycles. The van der Waals surface area contributed by atoms with Gasteiger partial charge in [0.2, 0.25) is 5.79 Å². The summed E-state index contributed by atoms with van der Waals surface area (Å²) >= 11 is 0. The maximum absolute atomic E-state index is 6.87. The highest BCUT2D eigenvalue weighted by atomic mass is 16.5. The number of benzene rings is 3. The third-order valence-corrected chi connectivity index (χ3v) is 7.12. The Morgan fingerprint density at radius 1 is 0.975 bits per heavy atom. The monoisotopic (exact) mass is 536 g/mol. The van der Waals surface area contributed by atoms with E-state index in [0.717, 1.165) is 58.7 Å². The Bertz CT molecular complexity index is 1510. The zero-order valence-electron chi connectivity index (χ0n) is 23.2. The first-order valence-corrected chi connectivity index (χ1v) is 13.6. The second-order valence-corrected chi connectivity index (χ2v) is 9.58. The van der Waals surface area contributed by atoms with Crippen molar-refractivity contribution in [2.45, 2.75) is 19.6 Å². The Morgan fingerprint density at radius 2 is 1.73 bits per heavy atom. The fraction of sp³-hybridized carbons (Fsp3) is 0.250. The van der Waals surface area contributed by atoms with E-state index in [1.54, 1.807) is 13.3 Å². The van der Waals surface area contributed by atoms with Crippen molar-refractivity contribution in [2.75, 3.05) is 38.7 Å². The van der Waals surface area contributed by atoms with Crippen molar-refractivity contribution < 1.29 is 9.47 Å². The lowest BCUT2D eigenvalue weighted by Gasteiger charge is -2.34. The molecule has 1 aromatic heterocycles. The fourth-order valence-electron chi connectivity index (χ4n) is 4.72. The Balaban J connectivity index is 1.44. The number of likely N-dealkylation sites (N-methyl/N-ethyl adjacent to an activating group) is 1. The van der Waals surface area contributed by atoms with Gasteiger partial charge in [0, 0.05) is 41.0 Å². The topological polar surface area (TPSA) is 97.0 Å². The predicted octanol–water partition coefficient (Wildman–Crippen LogP) is 5.19. The molecule has 1 aliphatic heterocycles. The molecule has 4 aromatic rings. The molecule has 0 aliphatic carbocycles. The molecule has 1 aliphatic rings. The highest BCUT2D eigenvalue weighted by Gasteiger charge is 2.32. The minimum atomic E-state index is -1.20. The summed E-state index contributed by atoms with van der Waals surface area (Å²) < 4.78 is 11.6. The van der Waals surface area contributed by atoms with Gasteiger partial charge in [0.15, 0.2) is 0 Å². The smallest absolute Gasteiger partial charge is 0.210 e. The minimum Gasteiger partial charge on any atom is -0.495 e. The summed E-state index contributed by atoms with van der Waals surface area (Å²) in [7, 11) is 1.65. The number of hydrogen-bond donors (Lipinski definition) is 3. The molecule has 0 bridgehead atoms. The minimum absolute atomic E-state index is 0.629. The number of rotatable bonds is 11. The quantitative estimate of drug-likeness (QED) is 0.243. The first-order valence-electron chi connectivity index (χ1n) is 13.6. The summed E-state index contributed by atoms with van der Waals surface area (Å²) in [6, 6.07) is 25.6. The SMILES string of the molecule is CCN(CC)CCOc1ccc(C2(N)N=CC(c3cnc4ccccc4c3)=C(Nc3ccccc3OC)N2)cc1. The van der Waals surface area contributed by atoms with Crippen molar-refractivity contribution in [3.63, 3.8) is 0 Å². The molecule has 5 rings (SSSR count). The third kappa shape index (κ3) is 5.93. The normalized spacial score (nSPS) is 16.7. The van der Waals surface area contributed by atoms with E-state index in [-0.39, 0.29) is 0 Å². The standard InChI is InChI=1S/C32H36N6O2/c1-4-38(5-2)18-19-40-26-16-14-25(15-17-26)32(33)35-22-27(24-20-23-10-6-7-11-28(23)34-21-24)31(37-32)36-29-12-8-9-13-30(29)39-3/h6-17,20-22,36-37H,4-5,18-19,33H2,1-3H3. The molecule has 1 unspecified atom stereocenters. The third-order valence-electron chi connectivity index (χ3n) is 7.12. The molecule has 40 heavy (non-hydrogen) atoms. The number of aliphatic imine (C=N–C) groups is 1. The lowest BCUT2D eigenvalue weighted by atomic mass is 10.0. The van der Waals surface area contributed by atoms with E-state index in [9.17, 15) is 0 Å². The zero-order chi connectivity index (χ0) is 28.0. The molecule has 0 saturated heterocycles. The van der Waals surface area contributed by atoms with Gasteiger partial charge >= 0.3 is 0 Å². The lowest BCUT2D eigenvalue weighted by Crippen LogP contribution is -2.51. The van der Waals surface area contributed by atoms with Crippen LogP contribution < -0.4 is 25.8 Å². The Morgan fingerprint density at radius 3 is 2.50 bits per heavy atom. The number of nitrogens with zero attached hydrogens (tertiary/aromatic N) is 3. The average molecular weight is 537 g/mol. The van der Waals surface area contributed by atoms with Crippen LogP contribution in [-0.4, -0.2) is 49.4 Å². The van der Waals surface area contributed by atoms with Crippen LogP contribution in [0.1, 0.15) is 25.0 Å². The maximum Gasteiger partial charge on any atom is 0.210 e. The molecule has 8 heteroatoms. The van der Waals surface area contributed by atoms with Crippen LogP contribution in [0.2, 0.25) is 0 Å². The number of anilines is 1. The molecular weight excluding hydrogens is 500 g/mol. The summed E-state index contributed by atoms with van der Waals surface area (Å²) in [4.78, 5) is 11.8. The Kier molecular flexibility index (Phi) is 8.28. The molecule has 206 valence electrons. The van der Waals surface area contributed by atoms with E-state index in [1.807, 2.05) is 79.0 Å². The van der Waals surface area contributed by atoms with Crippen LogP contribution >= 0.6 is 0 Å². The fourth-order valence-corrected chi connectivity index (χ4v) is 4.72. The van der Waals surface area contributed by atoms with E-state index in [0.29, 0.717) is 18.2 Å². The molecular formula is C32H36N6O2. The number of nitrogens with two attached hydrogens (primary N) is 1. The number of hydrogen-bond acceptors (Lipinski definition) is 8. The number of methoxy groups -OCH3 is 1. The lowest BCUT2D eigenvalue weighted by molar-refractivity contribution is 0.222. The van der Waals surface area contributed by atoms with Crippen LogP contribution in [0.3, 0.4) is 0 Å². The molecule has 0 radical (unpaired) electrons. The number of pyridine rings is 1. The van der Waals surface area contributed by atoms with Gasteiger partial charge in [-0.1, -0.05) is 44.2 Å². The van der Waals surface area contributed by atoms with Gasteiger partial charge < -0.3 is 25.0 Å². The molecule has 4 N–H and O–H groups in total. The van der Waals surface area contributed by atoms with E-state index in [1.165, 1.54) is 0 Å². The largest absolute Gasteiger partial charge is 0.495 e. The molecule has 8 nitrogen and oxygen atoms in total. The van der Waals surface area contributed by atoms with Crippen molar-refractivity contribution in [3.05, 3.63) is 102 Å². The summed E-state index contributed by atoms with van der Waals surface area (Å²) in [6.07, 6.45) is 3.65. The van der Waals surface area contributed by atoms with E-state index < -0.39 is 5.79 Å². The van der Waals surface area contributed by atoms with Gasteiger partial charge in [-0.2, -0.15) is 0 Å². The van der Waals surface area contributed by atoms with Gasteiger partial charge in [-0.3, -0.25) is 10.7 Å². The van der Waals surface area contributed by atoms with Gasteiger partial charge in [-0.15, -0.1) is 0 Å². The second kappa shape index (κ2) is 12.2. The summed E-state index contributed by atoms with van der Waals surface area (Å²) in [5, 5.41) is 7.99. The molecule has 0 amide bonds. The van der Waals surface area contributed by atoms with Crippen LogP contribution in [0.4, 0.5) is 5.69 Å². The number of fused-ring (bicyclic) bond motifs is 1. The maximum atomic E-state index is 6.87. The number of nitrogens with one attached hydrogen (secondary N) is 2. The summed E-state index contributed by atoms with van der Waals surface area (Å²) in [5.74, 6) is 1.01. The van der Waals surface area contributed by atoms with Gasteiger partial charge in [-0.25, -0.2) is 4.99 Å². The van der Waals surface area contributed by atoms with Crippen molar-refractivity contribution in [1.82, 2.24) is 15.2 Å². The summed E-state index contributed by atoms with van der Waals surface area (Å²) in [5.41, 5.74) is 11.1. The summed E-state index contributed by atoms with van der Waals surface area (Å²) in [6.45, 7) is 7.84. The number of ether oxygens (including phenoxy) is 2. The van der Waals surface area contributed by atoms with Crippen LogP contribution in [0.5, 0.6) is 11.5 Å². The van der Waals surface area contributed by atoms with E-state index >= 15 is 0 Å². The average Bonchev–Trinajstić information content (AvgIpc) is 3.00. The Hall–Kier alpha value is -4.40. The van der Waals surface area contributed by atoms with Crippen molar-refractivity contribution >= 4 is 28.4 Å². The number of allylic oxidation sites excluding steroid dienone is 1. The number of para-hydroxylation sites is 3. The van der Waals surface area contributed by atoms with Crippen molar-refractivity contribution in [1.29, 1.82) is 0 Å². The van der Waals surface area contributed by atoms with Crippen molar-refractivity contribution in [3.8, 4) is 11.5 Å². The van der Waals surface area contributed by atoms with E-state index in [2.05, 4.69) is 40.4 Å². The van der Waals surface area contributed by atoms with Gasteiger partial charge in [0.25, 0.3) is 0 Å². The van der Waals surface area contributed by atoms with Crippen LogP contribution in [0.15, 0.2) is 95.9 Å². The van der Waals surface area contributed by atoms with Crippen LogP contribution in [-0.2, 0) is 5.79 Å². The highest BCUT2D eigenvalue weighted by Crippen LogP contribution is 2.32. The van der Waals surface area contributed by atoms with Crippen LogP contribution in [0.25, 0.3) is 16.5 Å². The molecule has 2 heterocycles. The van der Waals surface area contributed by atoms with Gasteiger partial charge in [0.1, 0.15) is 23.9 Å². The molecule has 0 fully saturated rings. The molecule has 0 spiro atoms. The highest BCUT2D eigenvalue weighted by molar-refractivity contribution is 6.13. The zero-order valence-corrected chi connectivity index (χ0v) is 23.2. The number of aromatic nitrogens is 1. The second-order valence-electron chi connectivity index (χ2n) is 9.58.